The number of benzene rings is 1. The minimum atomic E-state index is -0.505. The van der Waals surface area contributed by atoms with Gasteiger partial charge in [0.1, 0.15) is 0 Å². The van der Waals surface area contributed by atoms with Crippen LogP contribution in [-0.2, 0) is 5.88 Å². The minimum absolute atomic E-state index is 0.243. The zero-order valence-corrected chi connectivity index (χ0v) is 7.89. The fourth-order valence-electron chi connectivity index (χ4n) is 1.40. The zero-order chi connectivity index (χ0) is 10.1. The first-order valence-electron chi connectivity index (χ1n) is 4.02. The van der Waals surface area contributed by atoms with E-state index < -0.39 is 11.2 Å². The Hall–Kier alpha value is -1.55. The summed E-state index contributed by atoms with van der Waals surface area (Å²) in [7, 11) is 0. The van der Waals surface area contributed by atoms with Gasteiger partial charge in [-0.3, -0.25) is 9.78 Å². The SMILES string of the molecule is O=c1[nH]c(=O)c2c(CCl)cccc2[nH]1. The fraction of sp³-hybridized carbons (Fsp3) is 0.111. The van der Waals surface area contributed by atoms with Crippen LogP contribution in [0, 0.1) is 0 Å². The van der Waals surface area contributed by atoms with Gasteiger partial charge in [0.05, 0.1) is 10.9 Å². The second kappa shape index (κ2) is 3.31. The molecule has 0 saturated carbocycles. The van der Waals surface area contributed by atoms with Gasteiger partial charge in [-0.25, -0.2) is 4.79 Å². The van der Waals surface area contributed by atoms with Crippen LogP contribution in [0.25, 0.3) is 10.9 Å². The van der Waals surface area contributed by atoms with Gasteiger partial charge in [0.25, 0.3) is 5.56 Å². The van der Waals surface area contributed by atoms with Crippen LogP contribution in [0.15, 0.2) is 27.8 Å². The van der Waals surface area contributed by atoms with Crippen LogP contribution in [0.3, 0.4) is 0 Å². The predicted octanol–water partition coefficient (Wildman–Crippen LogP) is 0.955. The first-order chi connectivity index (χ1) is 6.72. The van der Waals surface area contributed by atoms with E-state index in [4.69, 9.17) is 11.6 Å². The molecule has 1 aromatic heterocycles. The zero-order valence-electron chi connectivity index (χ0n) is 7.13. The molecule has 4 nitrogen and oxygen atoms in total. The lowest BCUT2D eigenvalue weighted by Crippen LogP contribution is -2.22. The third kappa shape index (κ3) is 1.33. The van der Waals surface area contributed by atoms with Crippen molar-refractivity contribution in [3.8, 4) is 0 Å². The van der Waals surface area contributed by atoms with Crippen molar-refractivity contribution in [1.29, 1.82) is 0 Å². The van der Waals surface area contributed by atoms with Crippen LogP contribution in [0.2, 0.25) is 0 Å². The summed E-state index contributed by atoms with van der Waals surface area (Å²) in [5, 5.41) is 0.446. The van der Waals surface area contributed by atoms with Crippen molar-refractivity contribution in [2.45, 2.75) is 5.88 Å². The van der Waals surface area contributed by atoms with Crippen LogP contribution < -0.4 is 11.2 Å². The number of aromatic amines is 2. The largest absolute Gasteiger partial charge is 0.326 e. The molecule has 0 aliphatic carbocycles. The molecule has 2 aromatic rings. The number of nitrogens with one attached hydrogen (secondary N) is 2. The van der Waals surface area contributed by atoms with Gasteiger partial charge < -0.3 is 4.98 Å². The summed E-state index contributed by atoms with van der Waals surface area (Å²) in [6, 6.07) is 5.17. The molecular weight excluding hydrogens is 204 g/mol. The van der Waals surface area contributed by atoms with E-state index in [2.05, 4.69) is 9.97 Å². The van der Waals surface area contributed by atoms with Gasteiger partial charge in [0, 0.05) is 5.88 Å². The lowest BCUT2D eigenvalue weighted by molar-refractivity contribution is 1.08. The van der Waals surface area contributed by atoms with Crippen molar-refractivity contribution in [3.63, 3.8) is 0 Å². The van der Waals surface area contributed by atoms with E-state index in [-0.39, 0.29) is 5.88 Å². The Labute approximate surface area is 83.5 Å². The topological polar surface area (TPSA) is 65.7 Å². The molecular formula is C9H7ClN2O2. The molecule has 0 spiro atoms. The highest BCUT2D eigenvalue weighted by Gasteiger charge is 2.04. The quantitative estimate of drug-likeness (QED) is 0.689. The monoisotopic (exact) mass is 210 g/mol. The van der Waals surface area contributed by atoms with Crippen molar-refractivity contribution < 1.29 is 0 Å². The third-order valence-electron chi connectivity index (χ3n) is 2.00. The van der Waals surface area contributed by atoms with Crippen LogP contribution in [-0.4, -0.2) is 9.97 Å². The summed E-state index contributed by atoms with van der Waals surface area (Å²) in [4.78, 5) is 27.1. The average Bonchev–Trinajstić information content (AvgIpc) is 2.16. The molecule has 2 rings (SSSR count). The Morgan fingerprint density at radius 2 is 2.00 bits per heavy atom. The number of hydrogen-bond acceptors (Lipinski definition) is 2. The molecule has 2 N–H and O–H groups in total. The molecule has 0 unspecified atom stereocenters. The molecule has 5 heteroatoms. The van der Waals surface area contributed by atoms with Gasteiger partial charge in [-0.05, 0) is 11.6 Å². The van der Waals surface area contributed by atoms with Crippen LogP contribution >= 0.6 is 11.6 Å². The molecule has 0 radical (unpaired) electrons. The predicted molar refractivity (Wildman–Crippen MR) is 54.7 cm³/mol. The third-order valence-corrected chi connectivity index (χ3v) is 2.28. The lowest BCUT2D eigenvalue weighted by atomic mass is 10.1. The Morgan fingerprint density at radius 3 is 2.71 bits per heavy atom. The summed E-state index contributed by atoms with van der Waals surface area (Å²) in [6.07, 6.45) is 0. The van der Waals surface area contributed by atoms with E-state index in [0.29, 0.717) is 16.5 Å². The highest BCUT2D eigenvalue weighted by Crippen LogP contribution is 2.13. The van der Waals surface area contributed by atoms with E-state index in [1.54, 1.807) is 18.2 Å². The van der Waals surface area contributed by atoms with Crippen molar-refractivity contribution >= 4 is 22.5 Å². The Kier molecular flexibility index (Phi) is 2.13. The Morgan fingerprint density at radius 1 is 1.21 bits per heavy atom. The van der Waals surface area contributed by atoms with Crippen molar-refractivity contribution in [2.24, 2.45) is 0 Å². The summed E-state index contributed by atoms with van der Waals surface area (Å²) in [5.41, 5.74) is 0.313. The van der Waals surface area contributed by atoms with E-state index in [1.807, 2.05) is 0 Å². The van der Waals surface area contributed by atoms with E-state index in [0.717, 1.165) is 0 Å². The summed E-state index contributed by atoms with van der Waals surface area (Å²) >= 11 is 5.67. The molecule has 0 fully saturated rings. The number of hydrogen-bond donors (Lipinski definition) is 2. The highest BCUT2D eigenvalue weighted by molar-refractivity contribution is 6.17. The van der Waals surface area contributed by atoms with Gasteiger partial charge in [0.2, 0.25) is 0 Å². The van der Waals surface area contributed by atoms with E-state index in [1.165, 1.54) is 0 Å². The number of alkyl halides is 1. The number of H-pyrrole nitrogens is 2. The molecule has 72 valence electrons. The van der Waals surface area contributed by atoms with E-state index in [9.17, 15) is 9.59 Å². The summed E-state index contributed by atoms with van der Waals surface area (Å²) in [5.74, 6) is 0.243. The Balaban J connectivity index is 3.02. The lowest BCUT2D eigenvalue weighted by Gasteiger charge is -2.00. The molecule has 0 atom stereocenters. The molecule has 0 bridgehead atoms. The first-order valence-corrected chi connectivity index (χ1v) is 4.56. The Bertz CT molecular complexity index is 585. The fourth-order valence-corrected chi connectivity index (χ4v) is 1.63. The maximum Gasteiger partial charge on any atom is 0.326 e. The molecule has 0 amide bonds. The summed E-state index contributed by atoms with van der Waals surface area (Å²) in [6.45, 7) is 0. The minimum Gasteiger partial charge on any atom is -0.307 e. The van der Waals surface area contributed by atoms with Gasteiger partial charge in [-0.2, -0.15) is 0 Å². The standard InChI is InChI=1S/C9H7ClN2O2/c10-4-5-2-1-3-6-7(5)8(13)12-9(14)11-6/h1-3H,4H2,(H2,11,12,13,14). The highest BCUT2D eigenvalue weighted by atomic mass is 35.5. The number of rotatable bonds is 1. The first kappa shape index (κ1) is 9.02. The second-order valence-corrected chi connectivity index (χ2v) is 3.15. The average molecular weight is 211 g/mol. The van der Waals surface area contributed by atoms with E-state index >= 15 is 0 Å². The van der Waals surface area contributed by atoms with Crippen LogP contribution in [0.4, 0.5) is 0 Å². The van der Waals surface area contributed by atoms with Gasteiger partial charge in [-0.15, -0.1) is 11.6 Å². The molecule has 14 heavy (non-hydrogen) atoms. The van der Waals surface area contributed by atoms with Crippen LogP contribution in [0.5, 0.6) is 0 Å². The number of halogens is 1. The van der Waals surface area contributed by atoms with Crippen molar-refractivity contribution in [3.05, 3.63) is 44.6 Å². The van der Waals surface area contributed by atoms with Crippen LogP contribution in [0.1, 0.15) is 5.56 Å². The second-order valence-electron chi connectivity index (χ2n) is 2.88. The molecule has 0 aliphatic rings. The smallest absolute Gasteiger partial charge is 0.307 e. The van der Waals surface area contributed by atoms with Gasteiger partial charge in [0.15, 0.2) is 0 Å². The molecule has 1 aromatic carbocycles. The maximum absolute atomic E-state index is 11.4. The van der Waals surface area contributed by atoms with Crippen molar-refractivity contribution in [1.82, 2.24) is 9.97 Å². The molecule has 0 aliphatic heterocycles. The normalized spacial score (nSPS) is 10.6. The van der Waals surface area contributed by atoms with Crippen molar-refractivity contribution in [2.75, 3.05) is 0 Å². The maximum atomic E-state index is 11.4. The summed E-state index contributed by atoms with van der Waals surface area (Å²) < 4.78 is 0. The molecule has 1 heterocycles. The molecule has 0 saturated heterocycles. The number of fused-ring (bicyclic) bond motifs is 1. The number of aromatic nitrogens is 2. The van der Waals surface area contributed by atoms with Gasteiger partial charge in [-0.1, -0.05) is 12.1 Å². The van der Waals surface area contributed by atoms with Gasteiger partial charge >= 0.3 is 5.69 Å².